The van der Waals surface area contributed by atoms with E-state index in [1.54, 1.807) is 0 Å². The Morgan fingerprint density at radius 3 is 2.31 bits per heavy atom. The highest BCUT2D eigenvalue weighted by Gasteiger charge is 2.20. The van der Waals surface area contributed by atoms with E-state index in [9.17, 15) is 4.79 Å². The average molecular weight is 231 g/mol. The number of carbonyl (C=O) groups excluding carboxylic acids is 1. The van der Waals surface area contributed by atoms with Crippen molar-refractivity contribution in [2.24, 2.45) is 0 Å². The molecule has 0 radical (unpaired) electrons. The summed E-state index contributed by atoms with van der Waals surface area (Å²) in [6.07, 6.45) is 0.844. The molecule has 0 saturated carbocycles. The van der Waals surface area contributed by atoms with Gasteiger partial charge in [0, 0.05) is 12.6 Å². The molecular formula is C12H25NO3. The van der Waals surface area contributed by atoms with Crippen molar-refractivity contribution in [3.8, 4) is 0 Å². The first-order valence-electron chi connectivity index (χ1n) is 6.01. The van der Waals surface area contributed by atoms with Crippen molar-refractivity contribution in [3.63, 3.8) is 0 Å². The molecule has 0 saturated heterocycles. The summed E-state index contributed by atoms with van der Waals surface area (Å²) >= 11 is 0. The van der Waals surface area contributed by atoms with Crippen LogP contribution in [-0.4, -0.2) is 37.4 Å². The molecule has 4 heteroatoms. The summed E-state index contributed by atoms with van der Waals surface area (Å²) in [5, 5.41) is 3.18. The van der Waals surface area contributed by atoms with Crippen molar-refractivity contribution in [2.45, 2.75) is 59.2 Å². The number of nitrogens with one attached hydrogen (secondary N) is 1. The van der Waals surface area contributed by atoms with E-state index in [0.717, 1.165) is 0 Å². The summed E-state index contributed by atoms with van der Waals surface area (Å²) in [6.45, 7) is 10.8. The molecule has 0 fully saturated rings. The Bertz CT molecular complexity index is 193. The largest absolute Gasteiger partial charge is 0.465 e. The van der Waals surface area contributed by atoms with Crippen molar-refractivity contribution >= 4 is 5.97 Å². The number of hydrogen-bond donors (Lipinski definition) is 1. The molecule has 0 aliphatic carbocycles. The van der Waals surface area contributed by atoms with Gasteiger partial charge in [0.15, 0.2) is 0 Å². The fourth-order valence-corrected chi connectivity index (χ4v) is 1.34. The normalized spacial score (nSPS) is 13.2. The second kappa shape index (κ2) is 8.53. The van der Waals surface area contributed by atoms with E-state index < -0.39 is 0 Å². The monoisotopic (exact) mass is 231 g/mol. The number of carbonyl (C=O) groups is 1. The van der Waals surface area contributed by atoms with E-state index in [-0.39, 0.29) is 24.2 Å². The van der Waals surface area contributed by atoms with Gasteiger partial charge in [0.1, 0.15) is 6.04 Å². The highest BCUT2D eigenvalue weighted by molar-refractivity contribution is 5.75. The molecule has 0 aliphatic rings. The Kier molecular flexibility index (Phi) is 8.21. The Hall–Kier alpha value is -0.610. The molecular weight excluding hydrogens is 206 g/mol. The van der Waals surface area contributed by atoms with Crippen LogP contribution in [0.3, 0.4) is 0 Å². The molecule has 0 heterocycles. The molecule has 0 aromatic carbocycles. The zero-order chi connectivity index (χ0) is 12.6. The van der Waals surface area contributed by atoms with Crippen LogP contribution in [0.2, 0.25) is 0 Å². The summed E-state index contributed by atoms with van der Waals surface area (Å²) in [7, 11) is 0. The maximum atomic E-state index is 11.6. The maximum absolute atomic E-state index is 11.6. The van der Waals surface area contributed by atoms with Crippen molar-refractivity contribution < 1.29 is 14.3 Å². The Morgan fingerprint density at radius 2 is 1.88 bits per heavy atom. The number of ether oxygens (including phenoxy) is 2. The lowest BCUT2D eigenvalue weighted by molar-refractivity contribution is -0.146. The van der Waals surface area contributed by atoms with E-state index in [1.807, 2.05) is 34.6 Å². The minimum absolute atomic E-state index is 0.191. The van der Waals surface area contributed by atoms with E-state index in [1.165, 1.54) is 0 Å². The van der Waals surface area contributed by atoms with Gasteiger partial charge in [-0.05, 0) is 27.2 Å². The van der Waals surface area contributed by atoms with E-state index in [0.29, 0.717) is 19.6 Å². The summed E-state index contributed by atoms with van der Waals surface area (Å²) in [5.41, 5.74) is 0. The van der Waals surface area contributed by atoms with Crippen molar-refractivity contribution in [1.82, 2.24) is 5.32 Å². The van der Waals surface area contributed by atoms with Crippen LogP contribution in [0, 0.1) is 0 Å². The first kappa shape index (κ1) is 15.4. The Labute approximate surface area is 98.7 Å². The standard InChI is InChI=1S/C12H25NO3/c1-6-15-12(14)11(13-9(2)3)7-8-16-10(4)5/h9-11,13H,6-8H2,1-5H3. The molecule has 0 aromatic heterocycles. The van der Waals surface area contributed by atoms with E-state index in [2.05, 4.69) is 5.32 Å². The van der Waals surface area contributed by atoms with Gasteiger partial charge in [0.25, 0.3) is 0 Å². The molecule has 1 unspecified atom stereocenters. The molecule has 96 valence electrons. The fourth-order valence-electron chi connectivity index (χ4n) is 1.34. The zero-order valence-corrected chi connectivity index (χ0v) is 11.1. The van der Waals surface area contributed by atoms with Gasteiger partial charge in [0.05, 0.1) is 12.7 Å². The van der Waals surface area contributed by atoms with Crippen molar-refractivity contribution in [2.75, 3.05) is 13.2 Å². The fraction of sp³-hybridized carbons (Fsp3) is 0.917. The lowest BCUT2D eigenvalue weighted by Crippen LogP contribution is -2.42. The third-order valence-corrected chi connectivity index (χ3v) is 1.96. The molecule has 4 nitrogen and oxygen atoms in total. The topological polar surface area (TPSA) is 47.6 Å². The Morgan fingerprint density at radius 1 is 1.25 bits per heavy atom. The summed E-state index contributed by atoms with van der Waals surface area (Å²) in [4.78, 5) is 11.6. The third-order valence-electron chi connectivity index (χ3n) is 1.96. The molecule has 1 atom stereocenters. The second-order valence-corrected chi connectivity index (χ2v) is 4.33. The predicted molar refractivity (Wildman–Crippen MR) is 64.4 cm³/mol. The van der Waals surface area contributed by atoms with Gasteiger partial charge in [-0.3, -0.25) is 4.79 Å². The molecule has 0 spiro atoms. The number of hydrogen-bond acceptors (Lipinski definition) is 4. The molecule has 0 bridgehead atoms. The minimum Gasteiger partial charge on any atom is -0.465 e. The van der Waals surface area contributed by atoms with Gasteiger partial charge in [0.2, 0.25) is 0 Å². The highest BCUT2D eigenvalue weighted by Crippen LogP contribution is 2.00. The van der Waals surface area contributed by atoms with Crippen LogP contribution in [0.1, 0.15) is 41.0 Å². The van der Waals surface area contributed by atoms with Crippen LogP contribution >= 0.6 is 0 Å². The average Bonchev–Trinajstić information content (AvgIpc) is 2.15. The lowest BCUT2D eigenvalue weighted by Gasteiger charge is -2.20. The predicted octanol–water partition coefficient (Wildman–Crippen LogP) is 1.73. The van der Waals surface area contributed by atoms with Gasteiger partial charge >= 0.3 is 5.97 Å². The molecule has 1 N–H and O–H groups in total. The van der Waals surface area contributed by atoms with Crippen LogP contribution in [0.15, 0.2) is 0 Å². The number of rotatable bonds is 8. The summed E-state index contributed by atoms with van der Waals surface area (Å²) in [5.74, 6) is -0.191. The van der Waals surface area contributed by atoms with Gasteiger partial charge in [-0.2, -0.15) is 0 Å². The highest BCUT2D eigenvalue weighted by atomic mass is 16.5. The third kappa shape index (κ3) is 7.65. The molecule has 0 rings (SSSR count). The molecule has 0 amide bonds. The zero-order valence-electron chi connectivity index (χ0n) is 11.1. The van der Waals surface area contributed by atoms with Crippen LogP contribution in [0.4, 0.5) is 0 Å². The first-order valence-corrected chi connectivity index (χ1v) is 6.01. The van der Waals surface area contributed by atoms with Crippen LogP contribution < -0.4 is 5.32 Å². The van der Waals surface area contributed by atoms with Crippen LogP contribution in [-0.2, 0) is 14.3 Å². The van der Waals surface area contributed by atoms with Crippen LogP contribution in [0.5, 0.6) is 0 Å². The lowest BCUT2D eigenvalue weighted by atomic mass is 10.2. The van der Waals surface area contributed by atoms with Crippen molar-refractivity contribution in [3.05, 3.63) is 0 Å². The molecule has 0 aliphatic heterocycles. The minimum atomic E-state index is -0.265. The van der Waals surface area contributed by atoms with Crippen molar-refractivity contribution in [1.29, 1.82) is 0 Å². The van der Waals surface area contributed by atoms with Gasteiger partial charge in [-0.15, -0.1) is 0 Å². The SMILES string of the molecule is CCOC(=O)C(CCOC(C)C)NC(C)C. The second-order valence-electron chi connectivity index (χ2n) is 4.33. The maximum Gasteiger partial charge on any atom is 0.323 e. The first-order chi connectivity index (χ1) is 7.47. The number of esters is 1. The van der Waals surface area contributed by atoms with Gasteiger partial charge in [-0.25, -0.2) is 0 Å². The quantitative estimate of drug-likeness (QED) is 0.646. The Balaban J connectivity index is 4.04. The molecule has 16 heavy (non-hydrogen) atoms. The smallest absolute Gasteiger partial charge is 0.323 e. The van der Waals surface area contributed by atoms with Gasteiger partial charge < -0.3 is 14.8 Å². The van der Waals surface area contributed by atoms with E-state index >= 15 is 0 Å². The summed E-state index contributed by atoms with van der Waals surface area (Å²) in [6, 6.07) is -0.00726. The van der Waals surface area contributed by atoms with Crippen LogP contribution in [0.25, 0.3) is 0 Å². The molecule has 0 aromatic rings. The van der Waals surface area contributed by atoms with E-state index in [4.69, 9.17) is 9.47 Å². The van der Waals surface area contributed by atoms with Gasteiger partial charge in [-0.1, -0.05) is 13.8 Å². The summed E-state index contributed by atoms with van der Waals surface area (Å²) < 4.78 is 10.4.